The lowest BCUT2D eigenvalue weighted by atomic mass is 9.64. The second-order valence-corrected chi connectivity index (χ2v) is 16.3. The number of carboxylic acid groups (broad SMARTS) is 2. The minimum Gasteiger partial charge on any atom is -0.481 e. The van der Waals surface area contributed by atoms with Crippen LogP contribution in [0.2, 0.25) is 0 Å². The van der Waals surface area contributed by atoms with Gasteiger partial charge in [-0.1, -0.05) is 219 Å². The van der Waals surface area contributed by atoms with Gasteiger partial charge in [0.05, 0.1) is 24.0 Å². The molecule has 0 spiro atoms. The lowest BCUT2D eigenvalue weighted by molar-refractivity contribution is -0.160. The van der Waals surface area contributed by atoms with Crippen LogP contribution in [0, 0.1) is 23.7 Å². The second kappa shape index (κ2) is 29.5. The summed E-state index contributed by atoms with van der Waals surface area (Å²) in [5, 5.41) is 20.4. The van der Waals surface area contributed by atoms with Crippen LogP contribution in [-0.4, -0.2) is 34.4 Å². The third-order valence-electron chi connectivity index (χ3n) is 12.1. The highest BCUT2D eigenvalue weighted by Crippen LogP contribution is 2.53. The largest absolute Gasteiger partial charge is 0.481 e. The quantitative estimate of drug-likeness (QED) is 0.0505. The molecule has 0 amide bonds. The fraction of sp³-hybridized carbons (Fsp3) is 0.955. The molecule has 1 saturated heterocycles. The molecule has 0 radical (unpaired) electrons. The summed E-state index contributed by atoms with van der Waals surface area (Å²) in [6.07, 6.45) is 43.6. The molecular weight excluding hydrogens is 608 g/mol. The Kier molecular flexibility index (Phi) is 26.5. The minimum atomic E-state index is -0.931. The molecule has 2 aliphatic rings. The maximum absolute atomic E-state index is 12.5. The van der Waals surface area contributed by atoms with E-state index in [4.69, 9.17) is 4.74 Å². The molecule has 1 aliphatic carbocycles. The lowest BCUT2D eigenvalue weighted by Gasteiger charge is -2.36. The molecule has 2 rings (SSSR count). The number of hydrogen-bond acceptors (Lipinski definition) is 3. The summed E-state index contributed by atoms with van der Waals surface area (Å²) in [4.78, 5) is 24.9. The highest BCUT2D eigenvalue weighted by molar-refractivity contribution is 5.81. The fourth-order valence-corrected chi connectivity index (χ4v) is 8.98. The summed E-state index contributed by atoms with van der Waals surface area (Å²) in [6.45, 7) is 4.55. The van der Waals surface area contributed by atoms with Crippen molar-refractivity contribution in [2.45, 2.75) is 244 Å². The number of carboxylic acids is 2. The molecule has 6 unspecified atom stereocenters. The van der Waals surface area contributed by atoms with Gasteiger partial charge in [-0.2, -0.15) is 0 Å². The number of fused-ring (bicyclic) bond motifs is 1. The van der Waals surface area contributed by atoms with Crippen molar-refractivity contribution in [3.05, 3.63) is 0 Å². The monoisotopic (exact) mass is 691 g/mol. The molecule has 2 N–H and O–H groups in total. The van der Waals surface area contributed by atoms with Crippen LogP contribution in [0.15, 0.2) is 0 Å². The van der Waals surface area contributed by atoms with E-state index in [2.05, 4.69) is 13.8 Å². The van der Waals surface area contributed by atoms with Crippen molar-refractivity contribution in [3.8, 4) is 0 Å². The van der Waals surface area contributed by atoms with Gasteiger partial charge in [-0.05, 0) is 12.8 Å². The van der Waals surface area contributed by atoms with E-state index in [0.29, 0.717) is 0 Å². The van der Waals surface area contributed by atoms with Crippen molar-refractivity contribution in [3.63, 3.8) is 0 Å². The minimum absolute atomic E-state index is 0.0425. The Hall–Kier alpha value is -1.10. The average Bonchev–Trinajstić information content (AvgIpc) is 3.89. The second-order valence-electron chi connectivity index (χ2n) is 16.3. The van der Waals surface area contributed by atoms with Crippen molar-refractivity contribution in [2.75, 3.05) is 0 Å². The van der Waals surface area contributed by atoms with Gasteiger partial charge >= 0.3 is 11.9 Å². The Morgan fingerprint density at radius 1 is 0.367 bits per heavy atom. The summed E-state index contributed by atoms with van der Waals surface area (Å²) >= 11 is 0. The topological polar surface area (TPSA) is 87.1 Å². The zero-order valence-electron chi connectivity index (χ0n) is 32.6. The number of aliphatic carboxylic acids is 2. The molecule has 49 heavy (non-hydrogen) atoms. The van der Waals surface area contributed by atoms with E-state index in [1.54, 1.807) is 0 Å². The first-order valence-corrected chi connectivity index (χ1v) is 22.1. The molecule has 6 atom stereocenters. The molecule has 2 fully saturated rings. The van der Waals surface area contributed by atoms with Crippen LogP contribution in [0.25, 0.3) is 0 Å². The molecule has 1 heterocycles. The van der Waals surface area contributed by atoms with E-state index in [0.717, 1.165) is 38.5 Å². The molecule has 1 saturated carbocycles. The van der Waals surface area contributed by atoms with E-state index in [1.165, 1.54) is 180 Å². The molecule has 0 aromatic rings. The number of epoxide rings is 1. The predicted octanol–water partition coefficient (Wildman–Crippen LogP) is 13.7. The third kappa shape index (κ3) is 19.9. The van der Waals surface area contributed by atoms with Crippen LogP contribution in [-0.2, 0) is 14.3 Å². The normalized spacial score (nSPS) is 23.1. The summed E-state index contributed by atoms with van der Waals surface area (Å²) < 4.78 is 6.10. The van der Waals surface area contributed by atoms with Gasteiger partial charge in [-0.3, -0.25) is 9.59 Å². The molecule has 5 nitrogen and oxygen atoms in total. The van der Waals surface area contributed by atoms with E-state index >= 15 is 0 Å². The van der Waals surface area contributed by atoms with Crippen LogP contribution >= 0.6 is 0 Å². The van der Waals surface area contributed by atoms with Crippen LogP contribution in [0.3, 0.4) is 0 Å². The van der Waals surface area contributed by atoms with Crippen LogP contribution in [0.1, 0.15) is 232 Å². The highest BCUT2D eigenvalue weighted by atomic mass is 16.6. The number of rotatable bonds is 36. The van der Waals surface area contributed by atoms with Gasteiger partial charge in [0.15, 0.2) is 0 Å². The summed E-state index contributed by atoms with van der Waals surface area (Å²) in [7, 11) is 0. The maximum atomic E-state index is 12.5. The van der Waals surface area contributed by atoms with Crippen molar-refractivity contribution in [1.82, 2.24) is 0 Å². The Bertz CT molecular complexity index is 734. The first-order chi connectivity index (χ1) is 24.0. The van der Waals surface area contributed by atoms with E-state index < -0.39 is 23.8 Å². The summed E-state index contributed by atoms with van der Waals surface area (Å²) in [5.74, 6) is -3.80. The van der Waals surface area contributed by atoms with Crippen LogP contribution in [0.5, 0.6) is 0 Å². The Morgan fingerprint density at radius 3 is 0.776 bits per heavy atom. The highest BCUT2D eigenvalue weighted by Gasteiger charge is 2.63. The van der Waals surface area contributed by atoms with E-state index in [1.807, 2.05) is 0 Å². The maximum Gasteiger partial charge on any atom is 0.307 e. The van der Waals surface area contributed by atoms with Crippen LogP contribution < -0.4 is 0 Å². The van der Waals surface area contributed by atoms with Crippen molar-refractivity contribution in [1.29, 1.82) is 0 Å². The van der Waals surface area contributed by atoms with Gasteiger partial charge in [0.25, 0.3) is 0 Å². The van der Waals surface area contributed by atoms with E-state index in [9.17, 15) is 19.8 Å². The molecule has 1 aliphatic heterocycles. The van der Waals surface area contributed by atoms with Gasteiger partial charge in [-0.25, -0.2) is 0 Å². The number of carbonyl (C=O) groups is 2. The smallest absolute Gasteiger partial charge is 0.307 e. The molecular formula is C44H82O5. The molecule has 0 aromatic heterocycles. The van der Waals surface area contributed by atoms with Gasteiger partial charge in [-0.15, -0.1) is 0 Å². The SMILES string of the molecule is CCCCCCCCCCCCCCCCCCC1C2OC2C(CCCCCCCCCCCCCCCCCC)C(C(=O)O)C1C(=O)O. The Morgan fingerprint density at radius 2 is 0.571 bits per heavy atom. The number of unbranched alkanes of at least 4 members (excludes halogenated alkanes) is 30. The first-order valence-electron chi connectivity index (χ1n) is 22.1. The first kappa shape index (κ1) is 44.1. The predicted molar refractivity (Wildman–Crippen MR) is 206 cm³/mol. The zero-order chi connectivity index (χ0) is 35.4. The molecule has 5 heteroatoms. The Balaban J connectivity index is 1.52. The fourth-order valence-electron chi connectivity index (χ4n) is 8.98. The van der Waals surface area contributed by atoms with Gasteiger partial charge in [0.2, 0.25) is 0 Å². The lowest BCUT2D eigenvalue weighted by Crippen LogP contribution is -2.47. The van der Waals surface area contributed by atoms with Gasteiger partial charge < -0.3 is 14.9 Å². The zero-order valence-corrected chi connectivity index (χ0v) is 32.6. The van der Waals surface area contributed by atoms with Crippen molar-refractivity contribution < 1.29 is 24.5 Å². The standard InChI is InChI=1S/C44H82O5/c1-3-5-7-9-11-13-15-17-19-21-23-25-27-29-31-33-35-37-39(43(45)46)40(44(47)48)38(42-41(37)49-42)36-34-32-30-28-26-24-22-20-18-16-14-12-10-8-6-4-2/h37-42H,3-36H2,1-2H3,(H,45,46)(H,47,48). The summed E-state index contributed by atoms with van der Waals surface area (Å²) in [6, 6.07) is 0. The van der Waals surface area contributed by atoms with Gasteiger partial charge in [0, 0.05) is 11.8 Å². The molecule has 288 valence electrons. The van der Waals surface area contributed by atoms with Crippen molar-refractivity contribution >= 4 is 11.9 Å². The Labute approximate surface area is 303 Å². The number of hydrogen-bond donors (Lipinski definition) is 2. The third-order valence-corrected chi connectivity index (χ3v) is 12.1. The molecule has 0 bridgehead atoms. The van der Waals surface area contributed by atoms with E-state index in [-0.39, 0.29) is 24.0 Å². The van der Waals surface area contributed by atoms with Crippen LogP contribution in [0.4, 0.5) is 0 Å². The molecule has 0 aromatic carbocycles. The van der Waals surface area contributed by atoms with Gasteiger partial charge in [0.1, 0.15) is 0 Å². The number of ether oxygens (including phenoxy) is 1. The average molecular weight is 691 g/mol. The van der Waals surface area contributed by atoms with Crippen molar-refractivity contribution in [2.24, 2.45) is 23.7 Å². The summed E-state index contributed by atoms with van der Waals surface area (Å²) in [5.41, 5.74) is 0.